The Balaban J connectivity index is 1.97. The van der Waals surface area contributed by atoms with Crippen LogP contribution in [-0.2, 0) is 4.79 Å². The highest BCUT2D eigenvalue weighted by Gasteiger charge is 2.13. The first-order valence-corrected chi connectivity index (χ1v) is 8.17. The predicted octanol–water partition coefficient (Wildman–Crippen LogP) is 4.29. The van der Waals surface area contributed by atoms with Crippen molar-refractivity contribution in [2.24, 2.45) is 0 Å². The van der Waals surface area contributed by atoms with Gasteiger partial charge in [0.25, 0.3) is 0 Å². The van der Waals surface area contributed by atoms with Gasteiger partial charge in [0.2, 0.25) is 5.91 Å². The van der Waals surface area contributed by atoms with Gasteiger partial charge < -0.3 is 10.6 Å². The number of amides is 1. The maximum Gasteiger partial charge on any atom is 0.239 e. The molecule has 1 atom stereocenters. The van der Waals surface area contributed by atoms with Gasteiger partial charge in [0.05, 0.1) is 12.6 Å². The summed E-state index contributed by atoms with van der Waals surface area (Å²) in [6, 6.07) is 14.4. The SMILES string of the molecule is CCC(NC(=O)CNc1c(C)cc(C)cc1C)c1ccccc1. The lowest BCUT2D eigenvalue weighted by Crippen LogP contribution is -2.33. The first kappa shape index (κ1) is 17.1. The Hall–Kier alpha value is -2.29. The van der Waals surface area contributed by atoms with Crippen LogP contribution in [0.3, 0.4) is 0 Å². The van der Waals surface area contributed by atoms with Gasteiger partial charge in [0, 0.05) is 5.69 Å². The van der Waals surface area contributed by atoms with Crippen LogP contribution in [0.25, 0.3) is 0 Å². The highest BCUT2D eigenvalue weighted by molar-refractivity contribution is 5.81. The molecule has 2 N–H and O–H groups in total. The number of aryl methyl sites for hydroxylation is 3. The van der Waals surface area contributed by atoms with Crippen molar-refractivity contribution >= 4 is 11.6 Å². The minimum absolute atomic E-state index is 0.0140. The van der Waals surface area contributed by atoms with E-state index in [1.807, 2.05) is 18.2 Å². The standard InChI is InChI=1S/C20H26N2O/c1-5-18(17-9-7-6-8-10-17)22-19(23)13-21-20-15(3)11-14(2)12-16(20)4/h6-12,18,21H,5,13H2,1-4H3,(H,22,23). The molecule has 2 aromatic carbocycles. The predicted molar refractivity (Wildman–Crippen MR) is 96.8 cm³/mol. The number of hydrogen-bond acceptors (Lipinski definition) is 2. The molecule has 0 spiro atoms. The summed E-state index contributed by atoms with van der Waals surface area (Å²) in [6.07, 6.45) is 0.873. The molecule has 2 rings (SSSR count). The van der Waals surface area contributed by atoms with Gasteiger partial charge in [-0.15, -0.1) is 0 Å². The molecule has 0 aromatic heterocycles. The Morgan fingerprint density at radius 3 is 2.22 bits per heavy atom. The molecule has 0 aliphatic carbocycles. The fraction of sp³-hybridized carbons (Fsp3) is 0.350. The molecule has 1 amide bonds. The van der Waals surface area contributed by atoms with Crippen LogP contribution < -0.4 is 10.6 Å². The van der Waals surface area contributed by atoms with E-state index < -0.39 is 0 Å². The second-order valence-electron chi connectivity index (χ2n) is 6.07. The maximum atomic E-state index is 12.3. The van der Waals surface area contributed by atoms with Crippen LogP contribution in [0.5, 0.6) is 0 Å². The molecule has 2 aromatic rings. The Morgan fingerprint density at radius 1 is 1.04 bits per heavy atom. The van der Waals surface area contributed by atoms with E-state index in [0.717, 1.165) is 17.7 Å². The van der Waals surface area contributed by atoms with Gasteiger partial charge in [-0.25, -0.2) is 0 Å². The van der Waals surface area contributed by atoms with E-state index >= 15 is 0 Å². The average Bonchev–Trinajstić information content (AvgIpc) is 2.52. The quantitative estimate of drug-likeness (QED) is 0.835. The third kappa shape index (κ3) is 4.59. The summed E-state index contributed by atoms with van der Waals surface area (Å²) >= 11 is 0. The van der Waals surface area contributed by atoms with Crippen LogP contribution in [0.2, 0.25) is 0 Å². The van der Waals surface area contributed by atoms with Gasteiger partial charge in [-0.1, -0.05) is 55.0 Å². The number of benzene rings is 2. The zero-order valence-corrected chi connectivity index (χ0v) is 14.4. The number of rotatable bonds is 6. The van der Waals surface area contributed by atoms with E-state index in [9.17, 15) is 4.79 Å². The van der Waals surface area contributed by atoms with E-state index in [2.05, 4.69) is 62.6 Å². The van der Waals surface area contributed by atoms with Crippen molar-refractivity contribution in [1.29, 1.82) is 0 Å². The minimum Gasteiger partial charge on any atom is -0.376 e. The second kappa shape index (κ2) is 7.82. The summed E-state index contributed by atoms with van der Waals surface area (Å²) < 4.78 is 0. The summed E-state index contributed by atoms with van der Waals surface area (Å²) in [5.74, 6) is 0.0140. The molecular weight excluding hydrogens is 284 g/mol. The smallest absolute Gasteiger partial charge is 0.239 e. The van der Waals surface area contributed by atoms with Crippen molar-refractivity contribution in [3.63, 3.8) is 0 Å². The summed E-state index contributed by atoms with van der Waals surface area (Å²) in [4.78, 5) is 12.3. The molecular formula is C20H26N2O. The normalized spacial score (nSPS) is 11.8. The summed E-state index contributed by atoms with van der Waals surface area (Å²) in [7, 11) is 0. The molecule has 1 unspecified atom stereocenters. The topological polar surface area (TPSA) is 41.1 Å². The van der Waals surface area contributed by atoms with E-state index in [4.69, 9.17) is 0 Å². The van der Waals surface area contributed by atoms with Crippen molar-refractivity contribution in [2.75, 3.05) is 11.9 Å². The Bertz CT molecular complexity index is 642. The van der Waals surface area contributed by atoms with E-state index in [1.165, 1.54) is 16.7 Å². The summed E-state index contributed by atoms with van der Waals surface area (Å²) in [6.45, 7) is 8.59. The van der Waals surface area contributed by atoms with Crippen LogP contribution in [0, 0.1) is 20.8 Å². The average molecular weight is 310 g/mol. The van der Waals surface area contributed by atoms with Gasteiger partial charge in [-0.3, -0.25) is 4.79 Å². The Morgan fingerprint density at radius 2 is 1.65 bits per heavy atom. The van der Waals surface area contributed by atoms with Crippen LogP contribution in [-0.4, -0.2) is 12.5 Å². The maximum absolute atomic E-state index is 12.3. The first-order valence-electron chi connectivity index (χ1n) is 8.17. The van der Waals surface area contributed by atoms with E-state index in [-0.39, 0.29) is 18.5 Å². The van der Waals surface area contributed by atoms with E-state index in [1.54, 1.807) is 0 Å². The molecule has 0 radical (unpaired) electrons. The van der Waals surface area contributed by atoms with Gasteiger partial charge in [-0.2, -0.15) is 0 Å². The summed E-state index contributed by atoms with van der Waals surface area (Å²) in [5.41, 5.74) is 5.78. The van der Waals surface area contributed by atoms with Crippen LogP contribution >= 0.6 is 0 Å². The monoisotopic (exact) mass is 310 g/mol. The number of anilines is 1. The summed E-state index contributed by atoms with van der Waals surface area (Å²) in [5, 5.41) is 6.38. The molecule has 0 bridgehead atoms. The van der Waals surface area contributed by atoms with Crippen LogP contribution in [0.15, 0.2) is 42.5 Å². The fourth-order valence-corrected chi connectivity index (χ4v) is 2.98. The van der Waals surface area contributed by atoms with Crippen LogP contribution in [0.4, 0.5) is 5.69 Å². The van der Waals surface area contributed by atoms with Crippen molar-refractivity contribution < 1.29 is 4.79 Å². The first-order chi connectivity index (χ1) is 11.0. The Labute approximate surface area is 139 Å². The fourth-order valence-electron chi connectivity index (χ4n) is 2.98. The molecule has 0 heterocycles. The molecule has 3 heteroatoms. The molecule has 0 fully saturated rings. The van der Waals surface area contributed by atoms with Gasteiger partial charge in [0.1, 0.15) is 0 Å². The van der Waals surface area contributed by atoms with Crippen molar-refractivity contribution in [3.05, 3.63) is 64.7 Å². The lowest BCUT2D eigenvalue weighted by Gasteiger charge is -2.19. The number of carbonyl (C=O) groups excluding carboxylic acids is 1. The molecule has 122 valence electrons. The molecule has 23 heavy (non-hydrogen) atoms. The largest absolute Gasteiger partial charge is 0.376 e. The van der Waals surface area contributed by atoms with Gasteiger partial charge >= 0.3 is 0 Å². The number of nitrogens with one attached hydrogen (secondary N) is 2. The number of carbonyl (C=O) groups is 1. The minimum atomic E-state index is 0.0140. The van der Waals surface area contributed by atoms with Gasteiger partial charge in [-0.05, 0) is 43.9 Å². The highest BCUT2D eigenvalue weighted by Crippen LogP contribution is 2.21. The zero-order chi connectivity index (χ0) is 16.8. The third-order valence-electron chi connectivity index (χ3n) is 4.05. The molecule has 0 saturated heterocycles. The van der Waals surface area contributed by atoms with Gasteiger partial charge in [0.15, 0.2) is 0 Å². The second-order valence-corrected chi connectivity index (χ2v) is 6.07. The zero-order valence-electron chi connectivity index (χ0n) is 14.4. The number of hydrogen-bond donors (Lipinski definition) is 2. The van der Waals surface area contributed by atoms with E-state index in [0.29, 0.717) is 0 Å². The third-order valence-corrected chi connectivity index (χ3v) is 4.05. The van der Waals surface area contributed by atoms with Crippen molar-refractivity contribution in [1.82, 2.24) is 5.32 Å². The lowest BCUT2D eigenvalue weighted by molar-refractivity contribution is -0.120. The Kier molecular flexibility index (Phi) is 5.80. The van der Waals surface area contributed by atoms with Crippen LogP contribution in [0.1, 0.15) is 41.6 Å². The van der Waals surface area contributed by atoms with Crippen molar-refractivity contribution in [3.8, 4) is 0 Å². The highest BCUT2D eigenvalue weighted by atomic mass is 16.1. The van der Waals surface area contributed by atoms with Crippen molar-refractivity contribution in [2.45, 2.75) is 40.2 Å². The molecule has 0 aliphatic heterocycles. The molecule has 0 saturated carbocycles. The molecule has 0 aliphatic rings. The lowest BCUT2D eigenvalue weighted by atomic mass is 10.0. The molecule has 3 nitrogen and oxygen atoms in total.